The van der Waals surface area contributed by atoms with E-state index in [2.05, 4.69) is 25.1 Å². The molecule has 2 atom stereocenters. The Labute approximate surface area is 83.1 Å². The molecule has 2 heteroatoms. The fourth-order valence-corrected chi connectivity index (χ4v) is 2.02. The molecule has 2 aliphatic rings. The summed E-state index contributed by atoms with van der Waals surface area (Å²) in [5.74, 6) is 0.990. The third kappa shape index (κ3) is 0.969. The standard InChI is InChI=1S/C12H12O2/c1-2-8-3-4-9-11(7-8)14-10-5-6-13-12(9)10/h3-7,10,12H,2H2,1H3/t10-,12-/m0/s1. The van der Waals surface area contributed by atoms with Crippen molar-refractivity contribution in [3.8, 4) is 5.75 Å². The SMILES string of the molecule is CCc1ccc2c(c1)O[C@H]1C=CO[C@@H]21. The molecular weight excluding hydrogens is 176 g/mol. The maximum absolute atomic E-state index is 5.76. The van der Waals surface area contributed by atoms with Gasteiger partial charge in [0, 0.05) is 5.56 Å². The van der Waals surface area contributed by atoms with Crippen molar-refractivity contribution in [1.29, 1.82) is 0 Å². The topological polar surface area (TPSA) is 18.5 Å². The first-order valence-corrected chi connectivity index (χ1v) is 5.00. The molecular formula is C12H12O2. The Bertz CT molecular complexity index is 395. The van der Waals surface area contributed by atoms with Crippen molar-refractivity contribution in [2.24, 2.45) is 0 Å². The van der Waals surface area contributed by atoms with E-state index in [-0.39, 0.29) is 12.2 Å². The fraction of sp³-hybridized carbons (Fsp3) is 0.333. The molecule has 0 aliphatic carbocycles. The highest BCUT2D eigenvalue weighted by Crippen LogP contribution is 2.42. The van der Waals surface area contributed by atoms with Crippen molar-refractivity contribution in [1.82, 2.24) is 0 Å². The Kier molecular flexibility index (Phi) is 1.57. The van der Waals surface area contributed by atoms with Crippen LogP contribution in [0.4, 0.5) is 0 Å². The predicted octanol–water partition coefficient (Wildman–Crippen LogP) is 2.60. The van der Waals surface area contributed by atoms with E-state index in [0.717, 1.165) is 12.2 Å². The highest BCUT2D eigenvalue weighted by Gasteiger charge is 2.36. The van der Waals surface area contributed by atoms with Crippen LogP contribution in [0.3, 0.4) is 0 Å². The van der Waals surface area contributed by atoms with Gasteiger partial charge in [0.15, 0.2) is 12.2 Å². The van der Waals surface area contributed by atoms with Gasteiger partial charge in [0.05, 0.1) is 6.26 Å². The van der Waals surface area contributed by atoms with Crippen LogP contribution >= 0.6 is 0 Å². The maximum atomic E-state index is 5.76. The third-order valence-electron chi connectivity index (χ3n) is 2.85. The molecule has 3 rings (SSSR count). The Morgan fingerprint density at radius 2 is 2.29 bits per heavy atom. The quantitative estimate of drug-likeness (QED) is 0.674. The van der Waals surface area contributed by atoms with Crippen molar-refractivity contribution in [2.45, 2.75) is 25.6 Å². The predicted molar refractivity (Wildman–Crippen MR) is 53.2 cm³/mol. The lowest BCUT2D eigenvalue weighted by molar-refractivity contribution is 0.109. The van der Waals surface area contributed by atoms with Crippen LogP contribution in [0.2, 0.25) is 0 Å². The van der Waals surface area contributed by atoms with Gasteiger partial charge in [-0.1, -0.05) is 19.1 Å². The second-order valence-electron chi connectivity index (χ2n) is 3.69. The van der Waals surface area contributed by atoms with Crippen molar-refractivity contribution < 1.29 is 9.47 Å². The zero-order chi connectivity index (χ0) is 9.54. The second-order valence-corrected chi connectivity index (χ2v) is 3.69. The van der Waals surface area contributed by atoms with Crippen LogP contribution in [0.5, 0.6) is 5.75 Å². The summed E-state index contributed by atoms with van der Waals surface area (Å²) in [6.07, 6.45) is 4.93. The minimum absolute atomic E-state index is 0.0934. The van der Waals surface area contributed by atoms with Gasteiger partial charge in [0.2, 0.25) is 0 Å². The minimum atomic E-state index is 0.0934. The molecule has 0 N–H and O–H groups in total. The molecule has 0 spiro atoms. The number of ether oxygens (including phenoxy) is 2. The van der Waals surface area contributed by atoms with Gasteiger partial charge in [-0.05, 0) is 24.1 Å². The van der Waals surface area contributed by atoms with E-state index in [1.54, 1.807) is 6.26 Å². The molecule has 0 aromatic heterocycles. The van der Waals surface area contributed by atoms with E-state index in [9.17, 15) is 0 Å². The average molecular weight is 188 g/mol. The zero-order valence-electron chi connectivity index (χ0n) is 8.07. The van der Waals surface area contributed by atoms with Crippen LogP contribution in [0.1, 0.15) is 24.2 Å². The number of rotatable bonds is 1. The van der Waals surface area contributed by atoms with Gasteiger partial charge in [-0.25, -0.2) is 0 Å². The van der Waals surface area contributed by atoms with Gasteiger partial charge < -0.3 is 9.47 Å². The Balaban J connectivity index is 2.03. The molecule has 0 saturated carbocycles. The number of fused-ring (bicyclic) bond motifs is 3. The number of hydrogen-bond acceptors (Lipinski definition) is 2. The third-order valence-corrected chi connectivity index (χ3v) is 2.85. The Morgan fingerprint density at radius 1 is 1.36 bits per heavy atom. The fourth-order valence-electron chi connectivity index (χ4n) is 2.02. The lowest BCUT2D eigenvalue weighted by Gasteiger charge is -2.06. The monoisotopic (exact) mass is 188 g/mol. The Morgan fingerprint density at radius 3 is 3.14 bits per heavy atom. The van der Waals surface area contributed by atoms with Gasteiger partial charge in [-0.2, -0.15) is 0 Å². The molecule has 0 saturated heterocycles. The molecule has 14 heavy (non-hydrogen) atoms. The number of benzene rings is 1. The maximum Gasteiger partial charge on any atom is 0.167 e. The summed E-state index contributed by atoms with van der Waals surface area (Å²) in [4.78, 5) is 0. The molecule has 2 heterocycles. The van der Waals surface area contributed by atoms with Crippen molar-refractivity contribution in [3.63, 3.8) is 0 Å². The van der Waals surface area contributed by atoms with E-state index in [0.29, 0.717) is 0 Å². The van der Waals surface area contributed by atoms with Crippen LogP contribution in [0, 0.1) is 0 Å². The molecule has 0 amide bonds. The zero-order valence-corrected chi connectivity index (χ0v) is 8.07. The average Bonchev–Trinajstić information content (AvgIpc) is 2.75. The van der Waals surface area contributed by atoms with Gasteiger partial charge in [-0.15, -0.1) is 0 Å². The van der Waals surface area contributed by atoms with Crippen LogP contribution in [-0.4, -0.2) is 6.10 Å². The summed E-state index contributed by atoms with van der Waals surface area (Å²) in [6, 6.07) is 6.38. The Hall–Kier alpha value is -1.44. The summed E-state index contributed by atoms with van der Waals surface area (Å²) < 4.78 is 11.2. The van der Waals surface area contributed by atoms with Crippen LogP contribution in [0.15, 0.2) is 30.5 Å². The van der Waals surface area contributed by atoms with Crippen LogP contribution in [-0.2, 0) is 11.2 Å². The van der Waals surface area contributed by atoms with E-state index in [4.69, 9.17) is 9.47 Å². The minimum Gasteiger partial charge on any atom is -0.489 e. The summed E-state index contributed by atoms with van der Waals surface area (Å²) in [7, 11) is 0. The van der Waals surface area contributed by atoms with Gasteiger partial charge in [0.25, 0.3) is 0 Å². The first-order valence-electron chi connectivity index (χ1n) is 5.00. The summed E-state index contributed by atoms with van der Waals surface area (Å²) in [5.41, 5.74) is 2.49. The molecule has 1 aromatic rings. The lowest BCUT2D eigenvalue weighted by Crippen LogP contribution is -2.11. The molecule has 2 aliphatic heterocycles. The van der Waals surface area contributed by atoms with Crippen molar-refractivity contribution in [3.05, 3.63) is 41.7 Å². The number of aryl methyl sites for hydroxylation is 1. The highest BCUT2D eigenvalue weighted by atomic mass is 16.6. The van der Waals surface area contributed by atoms with Gasteiger partial charge in [0.1, 0.15) is 5.75 Å². The highest BCUT2D eigenvalue weighted by molar-refractivity contribution is 5.44. The van der Waals surface area contributed by atoms with Crippen LogP contribution < -0.4 is 4.74 Å². The smallest absolute Gasteiger partial charge is 0.167 e. The second kappa shape index (κ2) is 2.77. The first-order chi connectivity index (χ1) is 6.88. The van der Waals surface area contributed by atoms with E-state index in [1.807, 2.05) is 6.08 Å². The molecule has 0 fully saturated rings. The van der Waals surface area contributed by atoms with Gasteiger partial charge in [-0.3, -0.25) is 0 Å². The van der Waals surface area contributed by atoms with E-state index >= 15 is 0 Å². The molecule has 0 radical (unpaired) electrons. The van der Waals surface area contributed by atoms with Crippen molar-refractivity contribution >= 4 is 0 Å². The first kappa shape index (κ1) is 7.92. The van der Waals surface area contributed by atoms with Crippen LogP contribution in [0.25, 0.3) is 0 Å². The molecule has 72 valence electrons. The largest absolute Gasteiger partial charge is 0.489 e. The molecule has 0 unspecified atom stereocenters. The lowest BCUT2D eigenvalue weighted by atomic mass is 10.0. The normalized spacial score (nSPS) is 26.6. The molecule has 2 nitrogen and oxygen atoms in total. The van der Waals surface area contributed by atoms with Gasteiger partial charge >= 0.3 is 0 Å². The van der Waals surface area contributed by atoms with E-state index in [1.165, 1.54) is 11.1 Å². The number of hydrogen-bond donors (Lipinski definition) is 0. The molecule has 0 bridgehead atoms. The van der Waals surface area contributed by atoms with E-state index < -0.39 is 0 Å². The summed E-state index contributed by atoms with van der Waals surface area (Å²) >= 11 is 0. The molecule has 1 aromatic carbocycles. The van der Waals surface area contributed by atoms with Crippen molar-refractivity contribution in [2.75, 3.05) is 0 Å². The summed E-state index contributed by atoms with van der Waals surface area (Å²) in [5, 5.41) is 0. The summed E-state index contributed by atoms with van der Waals surface area (Å²) in [6.45, 7) is 2.15.